The van der Waals surface area contributed by atoms with Crippen molar-refractivity contribution in [1.82, 2.24) is 14.8 Å². The van der Waals surface area contributed by atoms with Crippen LogP contribution in [0.15, 0.2) is 84.0 Å². The largest absolute Gasteiger partial charge is 0.496 e. The fourth-order valence-corrected chi connectivity index (χ4v) is 4.28. The molecule has 0 aliphatic rings. The summed E-state index contributed by atoms with van der Waals surface area (Å²) in [5, 5.41) is 23.3. The lowest BCUT2D eigenvalue weighted by Gasteiger charge is -2.11. The first-order valence-corrected chi connectivity index (χ1v) is 11.8. The van der Waals surface area contributed by atoms with E-state index < -0.39 is 10.8 Å². The van der Waals surface area contributed by atoms with Crippen molar-refractivity contribution in [1.29, 1.82) is 0 Å². The zero-order valence-corrected chi connectivity index (χ0v) is 19.8. The van der Waals surface area contributed by atoms with Gasteiger partial charge in [0.25, 0.3) is 5.69 Å². The van der Waals surface area contributed by atoms with Gasteiger partial charge in [-0.15, -0.1) is 10.2 Å². The van der Waals surface area contributed by atoms with Gasteiger partial charge in [-0.25, -0.2) is 0 Å². The Labute approximate surface area is 206 Å². The second kappa shape index (κ2) is 11.3. The Morgan fingerprint density at radius 3 is 2.43 bits per heavy atom. The van der Waals surface area contributed by atoms with Crippen molar-refractivity contribution in [2.75, 3.05) is 18.2 Å². The molecule has 0 aliphatic heterocycles. The summed E-state index contributed by atoms with van der Waals surface area (Å²) in [7, 11) is 1.42. The van der Waals surface area contributed by atoms with Gasteiger partial charge in [0.2, 0.25) is 5.91 Å². The van der Waals surface area contributed by atoms with Crippen molar-refractivity contribution < 1.29 is 14.5 Å². The van der Waals surface area contributed by atoms with Crippen LogP contribution in [0.1, 0.15) is 11.4 Å². The summed E-state index contributed by atoms with van der Waals surface area (Å²) in [4.78, 5) is 23.5. The number of hydrogen-bond acceptors (Lipinski definition) is 7. The standard InChI is InChI=1S/C25H23N5O4S/c1-34-20-13-14-21(22(16-20)30(32)33)26-24(31)17-35-25-28-27-23(15-12-18-8-4-2-5-9-18)29(25)19-10-6-3-7-11-19/h2-11,13-14,16H,12,15,17H2,1H3,(H,26,31). The molecule has 0 atom stereocenters. The van der Waals surface area contributed by atoms with Gasteiger partial charge in [0.1, 0.15) is 17.3 Å². The maximum Gasteiger partial charge on any atom is 0.296 e. The summed E-state index contributed by atoms with van der Waals surface area (Å²) in [5.41, 5.74) is 1.96. The molecule has 1 aromatic heterocycles. The number of nitro benzene ring substituents is 1. The average Bonchev–Trinajstić information content (AvgIpc) is 3.30. The molecule has 0 spiro atoms. The number of amides is 1. The minimum Gasteiger partial charge on any atom is -0.496 e. The smallest absolute Gasteiger partial charge is 0.296 e. The SMILES string of the molecule is COc1ccc(NC(=O)CSc2nnc(CCc3ccccc3)n2-c2ccccc2)c([N+](=O)[O-])c1. The second-order valence-corrected chi connectivity index (χ2v) is 8.47. The van der Waals surface area contributed by atoms with Gasteiger partial charge in [-0.1, -0.05) is 60.3 Å². The summed E-state index contributed by atoms with van der Waals surface area (Å²) < 4.78 is 6.98. The van der Waals surface area contributed by atoms with Crippen LogP contribution in [-0.4, -0.2) is 38.5 Å². The Kier molecular flexibility index (Phi) is 7.74. The molecule has 0 fully saturated rings. The average molecular weight is 490 g/mol. The Hall–Kier alpha value is -4.18. The number of carbonyl (C=O) groups excluding carboxylic acids is 1. The highest BCUT2D eigenvalue weighted by Gasteiger charge is 2.19. The Bertz CT molecular complexity index is 1310. The maximum atomic E-state index is 12.6. The van der Waals surface area contributed by atoms with Crippen LogP contribution in [0.4, 0.5) is 11.4 Å². The van der Waals surface area contributed by atoms with E-state index in [2.05, 4.69) is 27.6 Å². The summed E-state index contributed by atoms with van der Waals surface area (Å²) >= 11 is 1.22. The van der Waals surface area contributed by atoms with Gasteiger partial charge in [0, 0.05) is 12.1 Å². The summed E-state index contributed by atoms with van der Waals surface area (Å²) in [6.45, 7) is 0. The molecule has 10 heteroatoms. The molecule has 178 valence electrons. The monoisotopic (exact) mass is 489 g/mol. The van der Waals surface area contributed by atoms with Gasteiger partial charge >= 0.3 is 0 Å². The number of hydrogen-bond donors (Lipinski definition) is 1. The predicted molar refractivity (Wildman–Crippen MR) is 134 cm³/mol. The number of nitro groups is 1. The second-order valence-electron chi connectivity index (χ2n) is 7.53. The van der Waals surface area contributed by atoms with Crippen LogP contribution in [0.3, 0.4) is 0 Å². The van der Waals surface area contributed by atoms with E-state index >= 15 is 0 Å². The number of benzene rings is 3. The van der Waals surface area contributed by atoms with Crippen LogP contribution in [0.5, 0.6) is 5.75 Å². The number of nitrogens with zero attached hydrogens (tertiary/aromatic N) is 4. The summed E-state index contributed by atoms with van der Waals surface area (Å²) in [6, 6.07) is 24.1. The van der Waals surface area contributed by atoms with Crippen molar-refractivity contribution >= 4 is 29.0 Å². The van der Waals surface area contributed by atoms with Crippen LogP contribution >= 0.6 is 11.8 Å². The molecule has 0 bridgehead atoms. The third-order valence-corrected chi connectivity index (χ3v) is 6.13. The van der Waals surface area contributed by atoms with Crippen LogP contribution in [0.2, 0.25) is 0 Å². The number of carbonyl (C=O) groups is 1. The first-order chi connectivity index (χ1) is 17.0. The third-order valence-electron chi connectivity index (χ3n) is 5.20. The molecule has 0 saturated heterocycles. The third kappa shape index (κ3) is 6.04. The lowest BCUT2D eigenvalue weighted by molar-refractivity contribution is -0.384. The molecule has 4 rings (SSSR count). The van der Waals surface area contributed by atoms with Gasteiger partial charge in [-0.05, 0) is 36.2 Å². The summed E-state index contributed by atoms with van der Waals surface area (Å²) in [6.07, 6.45) is 1.48. The highest BCUT2D eigenvalue weighted by molar-refractivity contribution is 7.99. The first kappa shape index (κ1) is 24.0. The van der Waals surface area contributed by atoms with E-state index in [0.717, 1.165) is 17.9 Å². The lowest BCUT2D eigenvalue weighted by atomic mass is 10.1. The number of anilines is 1. The maximum absolute atomic E-state index is 12.6. The number of aryl methyl sites for hydroxylation is 2. The molecule has 0 radical (unpaired) electrons. The molecule has 1 amide bonds. The highest BCUT2D eigenvalue weighted by atomic mass is 32.2. The van der Waals surface area contributed by atoms with Crippen molar-refractivity contribution in [3.05, 3.63) is 100 Å². The van der Waals surface area contributed by atoms with Gasteiger partial charge in [-0.2, -0.15) is 0 Å². The van der Waals surface area contributed by atoms with Gasteiger partial charge < -0.3 is 10.1 Å². The molecule has 35 heavy (non-hydrogen) atoms. The van der Waals surface area contributed by atoms with E-state index in [-0.39, 0.29) is 17.1 Å². The van der Waals surface area contributed by atoms with Crippen LogP contribution in [-0.2, 0) is 17.6 Å². The van der Waals surface area contributed by atoms with Gasteiger partial charge in [0.05, 0.1) is 23.9 Å². The van der Waals surface area contributed by atoms with E-state index in [1.807, 2.05) is 53.1 Å². The highest BCUT2D eigenvalue weighted by Crippen LogP contribution is 2.29. The molecule has 0 saturated carbocycles. The van der Waals surface area contributed by atoms with E-state index in [1.165, 1.54) is 36.6 Å². The molecular weight excluding hydrogens is 466 g/mol. The van der Waals surface area contributed by atoms with Crippen molar-refractivity contribution in [3.8, 4) is 11.4 Å². The topological polar surface area (TPSA) is 112 Å². The molecule has 9 nitrogen and oxygen atoms in total. The lowest BCUT2D eigenvalue weighted by Crippen LogP contribution is -2.15. The number of nitrogens with one attached hydrogen (secondary N) is 1. The number of methoxy groups -OCH3 is 1. The minimum absolute atomic E-state index is 0.00678. The molecule has 4 aromatic rings. The molecule has 1 heterocycles. The van der Waals surface area contributed by atoms with Crippen molar-refractivity contribution in [3.63, 3.8) is 0 Å². The van der Waals surface area contributed by atoms with E-state index in [9.17, 15) is 14.9 Å². The van der Waals surface area contributed by atoms with Crippen LogP contribution < -0.4 is 10.1 Å². The van der Waals surface area contributed by atoms with Crippen LogP contribution in [0, 0.1) is 10.1 Å². The van der Waals surface area contributed by atoms with E-state index in [0.29, 0.717) is 17.3 Å². The Morgan fingerprint density at radius 2 is 1.74 bits per heavy atom. The number of thioether (sulfide) groups is 1. The zero-order valence-electron chi connectivity index (χ0n) is 19.0. The minimum atomic E-state index is -0.559. The fraction of sp³-hybridized carbons (Fsp3) is 0.160. The van der Waals surface area contributed by atoms with Gasteiger partial charge in [-0.3, -0.25) is 19.5 Å². The van der Waals surface area contributed by atoms with Crippen molar-refractivity contribution in [2.24, 2.45) is 0 Å². The molecule has 1 N–H and O–H groups in total. The van der Waals surface area contributed by atoms with E-state index in [1.54, 1.807) is 6.07 Å². The van der Waals surface area contributed by atoms with Crippen LogP contribution in [0.25, 0.3) is 5.69 Å². The molecule has 3 aromatic carbocycles. The first-order valence-electron chi connectivity index (χ1n) is 10.8. The Balaban J connectivity index is 1.50. The number of rotatable bonds is 10. The van der Waals surface area contributed by atoms with Gasteiger partial charge in [0.15, 0.2) is 5.16 Å². The molecule has 0 aliphatic carbocycles. The zero-order chi connectivity index (χ0) is 24.6. The molecule has 0 unspecified atom stereocenters. The summed E-state index contributed by atoms with van der Waals surface area (Å²) in [5.74, 6) is 0.737. The molecular formula is C25H23N5O4S. The quantitative estimate of drug-likeness (QED) is 0.195. The predicted octanol–water partition coefficient (Wildman–Crippen LogP) is 4.70. The fourth-order valence-electron chi connectivity index (χ4n) is 3.50. The van der Waals surface area contributed by atoms with E-state index in [4.69, 9.17) is 4.74 Å². The normalized spacial score (nSPS) is 10.7. The number of ether oxygens (including phenoxy) is 1. The Morgan fingerprint density at radius 1 is 1.03 bits per heavy atom. The number of aromatic nitrogens is 3. The number of para-hydroxylation sites is 1. The van der Waals surface area contributed by atoms with Crippen molar-refractivity contribution in [2.45, 2.75) is 18.0 Å².